The van der Waals surface area contributed by atoms with Crippen molar-refractivity contribution in [3.8, 4) is 0 Å². The van der Waals surface area contributed by atoms with E-state index in [2.05, 4.69) is 112 Å². The predicted octanol–water partition coefficient (Wildman–Crippen LogP) is 17.4. The number of hydrogen-bond acceptors (Lipinski definition) is 6. The molecule has 0 amide bonds. The van der Waals surface area contributed by atoms with E-state index in [0.717, 1.165) is 89.9 Å². The van der Waals surface area contributed by atoms with Gasteiger partial charge in [0, 0.05) is 19.3 Å². The normalized spacial score (nSPS) is 12.9. The van der Waals surface area contributed by atoms with Crippen LogP contribution >= 0.6 is 0 Å². The zero-order valence-electron chi connectivity index (χ0n) is 41.5. The van der Waals surface area contributed by atoms with Crippen molar-refractivity contribution in [1.82, 2.24) is 0 Å². The van der Waals surface area contributed by atoms with Crippen LogP contribution in [0.1, 0.15) is 233 Å². The Morgan fingerprint density at radius 3 is 1.19 bits per heavy atom. The summed E-state index contributed by atoms with van der Waals surface area (Å²) in [6.45, 7) is 6.32. The van der Waals surface area contributed by atoms with Gasteiger partial charge in [0.25, 0.3) is 0 Å². The molecule has 0 fully saturated rings. The first-order chi connectivity index (χ1) is 31.5. The topological polar surface area (TPSA) is 78.9 Å². The second kappa shape index (κ2) is 52.0. The van der Waals surface area contributed by atoms with Crippen LogP contribution in [-0.2, 0) is 28.6 Å². The van der Waals surface area contributed by atoms with E-state index < -0.39 is 6.10 Å². The Kier molecular flexibility index (Phi) is 49.0. The van der Waals surface area contributed by atoms with Crippen molar-refractivity contribution in [2.24, 2.45) is 0 Å². The largest absolute Gasteiger partial charge is 0.462 e. The van der Waals surface area contributed by atoms with Crippen molar-refractivity contribution in [3.05, 3.63) is 97.2 Å². The van der Waals surface area contributed by atoms with E-state index in [9.17, 15) is 14.4 Å². The Bertz CT molecular complexity index is 1300. The van der Waals surface area contributed by atoms with Gasteiger partial charge >= 0.3 is 17.9 Å². The molecule has 0 spiro atoms. The first-order valence-corrected chi connectivity index (χ1v) is 26.3. The number of ether oxygens (including phenoxy) is 3. The lowest BCUT2D eigenvalue weighted by atomic mass is 10.0. The molecule has 0 bridgehead atoms. The fourth-order valence-electron chi connectivity index (χ4n) is 7.02. The smallest absolute Gasteiger partial charge is 0.306 e. The molecule has 364 valence electrons. The minimum absolute atomic E-state index is 0.104. The van der Waals surface area contributed by atoms with Gasteiger partial charge in [-0.05, 0) is 70.6 Å². The quantitative estimate of drug-likeness (QED) is 0.0199. The van der Waals surface area contributed by atoms with Crippen molar-refractivity contribution in [2.75, 3.05) is 13.2 Å². The predicted molar refractivity (Wildman–Crippen MR) is 274 cm³/mol. The lowest BCUT2D eigenvalue weighted by Crippen LogP contribution is -2.30. The molecule has 0 heterocycles. The number of carbonyl (C=O) groups excluding carboxylic acids is 3. The zero-order chi connectivity index (χ0) is 46.5. The molecule has 6 heteroatoms. The summed E-state index contributed by atoms with van der Waals surface area (Å²) in [5, 5.41) is 0. The van der Waals surface area contributed by atoms with E-state index in [4.69, 9.17) is 14.2 Å². The Labute approximate surface area is 394 Å². The lowest BCUT2D eigenvalue weighted by molar-refractivity contribution is -0.166. The maximum Gasteiger partial charge on any atom is 0.306 e. The summed E-state index contributed by atoms with van der Waals surface area (Å²) in [5.74, 6) is -1.00. The van der Waals surface area contributed by atoms with Gasteiger partial charge in [-0.15, -0.1) is 0 Å². The molecule has 0 rings (SSSR count). The van der Waals surface area contributed by atoms with Crippen molar-refractivity contribution < 1.29 is 28.6 Å². The number of esters is 3. The fourth-order valence-corrected chi connectivity index (χ4v) is 7.02. The average Bonchev–Trinajstić information content (AvgIpc) is 3.29. The molecule has 1 atom stereocenters. The van der Waals surface area contributed by atoms with Crippen molar-refractivity contribution >= 4 is 17.9 Å². The van der Waals surface area contributed by atoms with E-state index >= 15 is 0 Å². The van der Waals surface area contributed by atoms with E-state index in [0.29, 0.717) is 19.3 Å². The van der Waals surface area contributed by atoms with E-state index in [1.165, 1.54) is 96.3 Å². The third-order valence-electron chi connectivity index (χ3n) is 10.9. The summed E-state index contributed by atoms with van der Waals surface area (Å²) in [6, 6.07) is 0. The second-order valence-corrected chi connectivity index (χ2v) is 17.1. The van der Waals surface area contributed by atoms with E-state index in [1.807, 2.05) is 6.08 Å². The lowest BCUT2D eigenvalue weighted by Gasteiger charge is -2.18. The van der Waals surface area contributed by atoms with Gasteiger partial charge in [0.05, 0.1) is 0 Å². The zero-order valence-corrected chi connectivity index (χ0v) is 41.5. The first kappa shape index (κ1) is 60.3. The third kappa shape index (κ3) is 49.3. The van der Waals surface area contributed by atoms with Gasteiger partial charge in [-0.2, -0.15) is 0 Å². The monoisotopic (exact) mass is 889 g/mol. The standard InChI is InChI=1S/C58H96O6/c1-4-7-10-13-16-19-22-25-28-31-33-36-39-42-45-48-51-57(60)63-54-55(64-58(61)52-49-46-43-40-37-34-30-27-24-21-18-15-12-9-6-3)53-62-56(59)50-47-44-41-38-35-32-29-26-23-20-17-14-11-8-5-2/h7,9-10,12,15-16,18-19,21,24-25,28,33,36,42,45,55H,4-6,8,11,13-14,17,20,22-23,26-27,29-32,34-35,37-41,43-44,46-54H2,1-3H3/b10-7-,12-9-,18-15-,19-16-,24-21-,28-25-,36-33-,45-42-. The van der Waals surface area contributed by atoms with Gasteiger partial charge in [0.1, 0.15) is 13.2 Å². The maximum atomic E-state index is 12.8. The molecule has 1 unspecified atom stereocenters. The average molecular weight is 889 g/mol. The number of hydrogen-bond donors (Lipinski definition) is 0. The maximum absolute atomic E-state index is 12.8. The molecule has 0 N–H and O–H groups in total. The minimum Gasteiger partial charge on any atom is -0.462 e. The van der Waals surface area contributed by atoms with E-state index in [1.54, 1.807) is 0 Å². The van der Waals surface area contributed by atoms with Gasteiger partial charge < -0.3 is 14.2 Å². The molecule has 0 saturated carbocycles. The Balaban J connectivity index is 4.50. The molecule has 0 aliphatic heterocycles. The van der Waals surface area contributed by atoms with Crippen LogP contribution in [0.3, 0.4) is 0 Å². The van der Waals surface area contributed by atoms with Crippen LogP contribution in [0.4, 0.5) is 0 Å². The molecule has 0 radical (unpaired) electrons. The van der Waals surface area contributed by atoms with E-state index in [-0.39, 0.29) is 37.5 Å². The fraction of sp³-hybridized carbons (Fsp3) is 0.672. The number of rotatable bonds is 46. The molecule has 0 saturated heterocycles. The molecule has 0 aliphatic carbocycles. The van der Waals surface area contributed by atoms with Gasteiger partial charge in [-0.25, -0.2) is 0 Å². The highest BCUT2D eigenvalue weighted by molar-refractivity contribution is 5.71. The first-order valence-electron chi connectivity index (χ1n) is 26.3. The SMILES string of the molecule is CC\C=C/C=C\C=C/CCCCCCCCCC(=O)OC(COC(=O)CC/C=C\C/C=C\C/C=C\C/C=C\C/C=C\CC)COC(=O)CCCCCCCCCCCCCCCCC. The van der Waals surface area contributed by atoms with Gasteiger partial charge in [0.15, 0.2) is 6.10 Å². The van der Waals surface area contributed by atoms with Crippen LogP contribution in [0, 0.1) is 0 Å². The molecule has 6 nitrogen and oxygen atoms in total. The summed E-state index contributed by atoms with van der Waals surface area (Å²) < 4.78 is 16.7. The number of allylic oxidation sites excluding steroid dienone is 16. The molecule has 0 aliphatic rings. The summed E-state index contributed by atoms with van der Waals surface area (Å²) in [6.07, 6.45) is 68.3. The summed E-state index contributed by atoms with van der Waals surface area (Å²) >= 11 is 0. The van der Waals surface area contributed by atoms with Crippen molar-refractivity contribution in [3.63, 3.8) is 0 Å². The molecule has 0 aromatic carbocycles. The van der Waals surface area contributed by atoms with Crippen molar-refractivity contribution in [1.29, 1.82) is 0 Å². The van der Waals surface area contributed by atoms with Crippen LogP contribution in [0.15, 0.2) is 97.2 Å². The highest BCUT2D eigenvalue weighted by atomic mass is 16.6. The number of unbranched alkanes of at least 4 members (excludes halogenated alkanes) is 21. The van der Waals surface area contributed by atoms with Crippen LogP contribution in [0.2, 0.25) is 0 Å². The molecule has 0 aromatic heterocycles. The Morgan fingerprint density at radius 1 is 0.344 bits per heavy atom. The summed E-state index contributed by atoms with van der Waals surface area (Å²) in [4.78, 5) is 38.0. The van der Waals surface area contributed by atoms with Crippen molar-refractivity contribution in [2.45, 2.75) is 239 Å². The number of carbonyl (C=O) groups is 3. The van der Waals surface area contributed by atoms with Gasteiger partial charge in [-0.1, -0.05) is 240 Å². The highest BCUT2D eigenvalue weighted by Crippen LogP contribution is 2.15. The Morgan fingerprint density at radius 2 is 0.719 bits per heavy atom. The van der Waals surface area contributed by atoms with Gasteiger partial charge in [0.2, 0.25) is 0 Å². The van der Waals surface area contributed by atoms with Gasteiger partial charge in [-0.3, -0.25) is 14.4 Å². The highest BCUT2D eigenvalue weighted by Gasteiger charge is 2.19. The van der Waals surface area contributed by atoms with Crippen LogP contribution in [-0.4, -0.2) is 37.2 Å². The summed E-state index contributed by atoms with van der Waals surface area (Å²) in [7, 11) is 0. The Hall–Kier alpha value is -3.67. The molecule has 0 aromatic rings. The van der Waals surface area contributed by atoms with Crippen LogP contribution in [0.5, 0.6) is 0 Å². The second-order valence-electron chi connectivity index (χ2n) is 17.1. The molecular weight excluding hydrogens is 793 g/mol. The molecular formula is C58H96O6. The summed E-state index contributed by atoms with van der Waals surface area (Å²) in [5.41, 5.74) is 0. The minimum atomic E-state index is -0.812. The third-order valence-corrected chi connectivity index (χ3v) is 10.9. The van der Waals surface area contributed by atoms with Crippen LogP contribution < -0.4 is 0 Å². The molecule has 64 heavy (non-hydrogen) atoms. The van der Waals surface area contributed by atoms with Crippen LogP contribution in [0.25, 0.3) is 0 Å².